The molecule has 1 aliphatic rings. The van der Waals surface area contributed by atoms with E-state index in [0.29, 0.717) is 12.5 Å². The zero-order valence-corrected chi connectivity index (χ0v) is 13.0. The lowest BCUT2D eigenvalue weighted by atomic mass is 9.99. The van der Waals surface area contributed by atoms with Crippen molar-refractivity contribution in [3.63, 3.8) is 0 Å². The van der Waals surface area contributed by atoms with Crippen molar-refractivity contribution in [1.82, 2.24) is 10.2 Å². The number of fused-ring (bicyclic) bond motifs is 1. The standard InChI is InChI=1S/C15H24N2OS/c1-11(16-9-8-15(18)17(2)3)14-10-12-6-4-5-7-13(12)19-14/h10-11,16H,4-9H2,1-3H3. The number of carbonyl (C=O) groups is 1. The van der Waals surface area contributed by atoms with E-state index in [2.05, 4.69) is 18.3 Å². The molecule has 3 nitrogen and oxygen atoms in total. The van der Waals surface area contributed by atoms with Crippen LogP contribution < -0.4 is 5.32 Å². The first-order valence-corrected chi connectivity index (χ1v) is 7.94. The molecule has 1 amide bonds. The van der Waals surface area contributed by atoms with Gasteiger partial charge in [-0.25, -0.2) is 0 Å². The molecule has 0 bridgehead atoms. The molecule has 0 spiro atoms. The van der Waals surface area contributed by atoms with Crippen LogP contribution in [0.1, 0.15) is 47.5 Å². The third-order valence-corrected chi connectivity index (χ3v) is 5.15. The molecule has 0 aliphatic heterocycles. The van der Waals surface area contributed by atoms with Crippen molar-refractivity contribution in [2.75, 3.05) is 20.6 Å². The van der Waals surface area contributed by atoms with E-state index in [0.717, 1.165) is 6.54 Å². The molecule has 1 unspecified atom stereocenters. The number of carbonyl (C=O) groups excluding carboxylic acids is 1. The van der Waals surface area contributed by atoms with Crippen molar-refractivity contribution in [2.24, 2.45) is 0 Å². The number of thiophene rings is 1. The highest BCUT2D eigenvalue weighted by molar-refractivity contribution is 7.12. The van der Waals surface area contributed by atoms with E-state index in [4.69, 9.17) is 0 Å². The first-order chi connectivity index (χ1) is 9.08. The quantitative estimate of drug-likeness (QED) is 0.899. The third-order valence-electron chi connectivity index (χ3n) is 3.73. The normalized spacial score (nSPS) is 15.9. The molecule has 0 aromatic carbocycles. The molecule has 0 radical (unpaired) electrons. The van der Waals surface area contributed by atoms with Crippen LogP contribution in [-0.4, -0.2) is 31.4 Å². The Hall–Kier alpha value is -0.870. The maximum atomic E-state index is 11.5. The van der Waals surface area contributed by atoms with E-state index < -0.39 is 0 Å². The average molecular weight is 280 g/mol. The zero-order valence-electron chi connectivity index (χ0n) is 12.2. The molecule has 0 saturated carbocycles. The van der Waals surface area contributed by atoms with E-state index in [1.165, 1.54) is 30.6 Å². The van der Waals surface area contributed by atoms with Crippen molar-refractivity contribution < 1.29 is 4.79 Å². The number of aryl methyl sites for hydroxylation is 2. The van der Waals surface area contributed by atoms with E-state index in [1.807, 2.05) is 11.3 Å². The van der Waals surface area contributed by atoms with Crippen molar-refractivity contribution >= 4 is 17.2 Å². The lowest BCUT2D eigenvalue weighted by Crippen LogP contribution is -2.27. The fourth-order valence-electron chi connectivity index (χ4n) is 2.45. The molecule has 19 heavy (non-hydrogen) atoms. The smallest absolute Gasteiger partial charge is 0.223 e. The lowest BCUT2D eigenvalue weighted by Gasteiger charge is -2.14. The summed E-state index contributed by atoms with van der Waals surface area (Å²) in [7, 11) is 3.61. The minimum absolute atomic E-state index is 0.185. The van der Waals surface area contributed by atoms with Gasteiger partial charge in [0.15, 0.2) is 0 Å². The maximum absolute atomic E-state index is 11.5. The molecular weight excluding hydrogens is 256 g/mol. The maximum Gasteiger partial charge on any atom is 0.223 e. The third kappa shape index (κ3) is 3.80. The van der Waals surface area contributed by atoms with Gasteiger partial charge < -0.3 is 10.2 Å². The van der Waals surface area contributed by atoms with Gasteiger partial charge in [0.1, 0.15) is 0 Å². The molecule has 1 heterocycles. The number of hydrogen-bond donors (Lipinski definition) is 1. The highest BCUT2D eigenvalue weighted by Gasteiger charge is 2.16. The van der Waals surface area contributed by atoms with Crippen molar-refractivity contribution in [1.29, 1.82) is 0 Å². The Bertz CT molecular complexity index is 416. The second-order valence-corrected chi connectivity index (χ2v) is 6.69. The fraction of sp³-hybridized carbons (Fsp3) is 0.667. The summed E-state index contributed by atoms with van der Waals surface area (Å²) in [6.45, 7) is 2.94. The minimum atomic E-state index is 0.185. The summed E-state index contributed by atoms with van der Waals surface area (Å²) >= 11 is 1.95. The molecule has 1 N–H and O–H groups in total. The predicted molar refractivity (Wildman–Crippen MR) is 80.7 cm³/mol. The van der Waals surface area contributed by atoms with E-state index in [-0.39, 0.29) is 5.91 Å². The SMILES string of the molecule is CC(NCCC(=O)N(C)C)c1cc2c(s1)CCCC2. The monoisotopic (exact) mass is 280 g/mol. The Morgan fingerprint density at radius 2 is 2.16 bits per heavy atom. The summed E-state index contributed by atoms with van der Waals surface area (Å²) in [6.07, 6.45) is 5.75. The Kier molecular flexibility index (Phi) is 4.99. The Morgan fingerprint density at radius 3 is 2.84 bits per heavy atom. The minimum Gasteiger partial charge on any atom is -0.349 e. The fourth-order valence-corrected chi connectivity index (χ4v) is 3.73. The van der Waals surface area contributed by atoms with Gasteiger partial charge in [0.05, 0.1) is 0 Å². The molecule has 1 aliphatic carbocycles. The molecule has 0 fully saturated rings. The van der Waals surface area contributed by atoms with Crippen molar-refractivity contribution in [3.8, 4) is 0 Å². The highest BCUT2D eigenvalue weighted by atomic mass is 32.1. The number of hydrogen-bond acceptors (Lipinski definition) is 3. The number of rotatable bonds is 5. The molecule has 1 aromatic heterocycles. The van der Waals surface area contributed by atoms with Crippen LogP contribution in [0.15, 0.2) is 6.07 Å². The van der Waals surface area contributed by atoms with Gasteiger partial charge in [-0.3, -0.25) is 4.79 Å². The van der Waals surface area contributed by atoms with Gasteiger partial charge in [-0.05, 0) is 44.2 Å². The van der Waals surface area contributed by atoms with Gasteiger partial charge in [-0.2, -0.15) is 0 Å². The lowest BCUT2D eigenvalue weighted by molar-refractivity contribution is -0.128. The van der Waals surface area contributed by atoms with Gasteiger partial charge in [0.25, 0.3) is 0 Å². The van der Waals surface area contributed by atoms with Gasteiger partial charge in [-0.15, -0.1) is 11.3 Å². The van der Waals surface area contributed by atoms with Crippen LogP contribution in [0.5, 0.6) is 0 Å². The van der Waals surface area contributed by atoms with Crippen LogP contribution in [0.3, 0.4) is 0 Å². The highest BCUT2D eigenvalue weighted by Crippen LogP contribution is 2.32. The molecule has 1 aromatic rings. The zero-order chi connectivity index (χ0) is 13.8. The van der Waals surface area contributed by atoms with Crippen LogP contribution >= 0.6 is 11.3 Å². The van der Waals surface area contributed by atoms with Crippen molar-refractivity contribution in [3.05, 3.63) is 21.4 Å². The molecular formula is C15H24N2OS. The van der Waals surface area contributed by atoms with Crippen LogP contribution in [0.25, 0.3) is 0 Å². The Morgan fingerprint density at radius 1 is 1.42 bits per heavy atom. The largest absolute Gasteiger partial charge is 0.349 e. The number of nitrogens with one attached hydrogen (secondary N) is 1. The Balaban J connectivity index is 1.84. The number of nitrogens with zero attached hydrogens (tertiary/aromatic N) is 1. The first kappa shape index (κ1) is 14.5. The number of amides is 1. The summed E-state index contributed by atoms with van der Waals surface area (Å²) in [5, 5.41) is 3.46. The summed E-state index contributed by atoms with van der Waals surface area (Å²) in [6, 6.07) is 2.72. The predicted octanol–water partition coefficient (Wildman–Crippen LogP) is 2.76. The second-order valence-electron chi connectivity index (χ2n) is 5.52. The van der Waals surface area contributed by atoms with Crippen LogP contribution in [-0.2, 0) is 17.6 Å². The van der Waals surface area contributed by atoms with Gasteiger partial charge in [0, 0.05) is 42.9 Å². The van der Waals surface area contributed by atoms with Crippen LogP contribution in [0.2, 0.25) is 0 Å². The molecule has 106 valence electrons. The Labute approximate surface area is 120 Å². The first-order valence-electron chi connectivity index (χ1n) is 7.13. The molecule has 1 atom stereocenters. The van der Waals surface area contributed by atoms with Crippen LogP contribution in [0.4, 0.5) is 0 Å². The summed E-state index contributed by atoms with van der Waals surface area (Å²) in [5.74, 6) is 0.185. The van der Waals surface area contributed by atoms with Gasteiger partial charge in [-0.1, -0.05) is 0 Å². The second kappa shape index (κ2) is 6.53. The molecule has 2 rings (SSSR count). The summed E-state index contributed by atoms with van der Waals surface area (Å²) in [4.78, 5) is 16.2. The average Bonchev–Trinajstić information content (AvgIpc) is 2.82. The van der Waals surface area contributed by atoms with Gasteiger partial charge >= 0.3 is 0 Å². The summed E-state index contributed by atoms with van der Waals surface area (Å²) in [5.41, 5.74) is 1.56. The molecule has 4 heteroatoms. The van der Waals surface area contributed by atoms with Crippen LogP contribution in [0, 0.1) is 0 Å². The summed E-state index contributed by atoms with van der Waals surface area (Å²) < 4.78 is 0. The van der Waals surface area contributed by atoms with E-state index >= 15 is 0 Å². The topological polar surface area (TPSA) is 32.3 Å². The van der Waals surface area contributed by atoms with E-state index in [1.54, 1.807) is 29.4 Å². The van der Waals surface area contributed by atoms with Crippen molar-refractivity contribution in [2.45, 2.75) is 45.1 Å². The molecule has 0 saturated heterocycles. The van der Waals surface area contributed by atoms with E-state index in [9.17, 15) is 4.79 Å². The van der Waals surface area contributed by atoms with Gasteiger partial charge in [0.2, 0.25) is 5.91 Å².